The molecule has 0 radical (unpaired) electrons. The highest BCUT2D eigenvalue weighted by atomic mass is 16.5. The molecule has 1 unspecified atom stereocenters. The predicted octanol–water partition coefficient (Wildman–Crippen LogP) is 1.84. The minimum atomic E-state index is -0.199. The van der Waals surface area contributed by atoms with Gasteiger partial charge in [0.25, 0.3) is 0 Å². The number of nitrogens with zero attached hydrogens (tertiary/aromatic N) is 2. The Labute approximate surface area is 146 Å². The number of hydrogen-bond donors (Lipinski definition) is 1. The molecule has 6 nitrogen and oxygen atoms in total. The molecule has 6 heteroatoms. The summed E-state index contributed by atoms with van der Waals surface area (Å²) in [4.78, 5) is 21.4. The van der Waals surface area contributed by atoms with Gasteiger partial charge in [0.1, 0.15) is 23.9 Å². The van der Waals surface area contributed by atoms with Gasteiger partial charge in [0.15, 0.2) is 0 Å². The second-order valence-corrected chi connectivity index (χ2v) is 6.52. The van der Waals surface area contributed by atoms with Crippen molar-refractivity contribution < 1.29 is 14.3 Å². The number of methoxy groups -OCH3 is 1. The number of amides is 1. The fraction of sp³-hybridized carbons (Fsp3) is 0.421. The largest absolute Gasteiger partial charge is 0.497 e. The molecule has 0 fully saturated rings. The quantitative estimate of drug-likeness (QED) is 0.920. The minimum absolute atomic E-state index is 0.0226. The molecule has 0 spiro atoms. The van der Waals surface area contributed by atoms with Crippen molar-refractivity contribution >= 4 is 5.91 Å². The summed E-state index contributed by atoms with van der Waals surface area (Å²) in [5.41, 5.74) is 3.40. The van der Waals surface area contributed by atoms with Crippen LogP contribution in [0.2, 0.25) is 0 Å². The number of hydrogen-bond acceptors (Lipinski definition) is 5. The average Bonchev–Trinajstić information content (AvgIpc) is 3.13. The van der Waals surface area contributed by atoms with Crippen LogP contribution in [0.3, 0.4) is 0 Å². The molecular weight excluding hydrogens is 318 g/mol. The molecule has 2 heterocycles. The molecule has 0 bridgehead atoms. The number of carbonyl (C=O) groups excluding carboxylic acids is 1. The average molecular weight is 339 g/mol. The molecule has 1 aliphatic carbocycles. The lowest BCUT2D eigenvalue weighted by Crippen LogP contribution is -2.37. The fourth-order valence-corrected chi connectivity index (χ4v) is 3.40. The van der Waals surface area contributed by atoms with Crippen LogP contribution in [0.25, 0.3) is 0 Å². The van der Waals surface area contributed by atoms with E-state index in [0.717, 1.165) is 42.0 Å². The lowest BCUT2D eigenvalue weighted by Gasteiger charge is -2.24. The molecule has 1 atom stereocenters. The van der Waals surface area contributed by atoms with Gasteiger partial charge in [-0.3, -0.25) is 4.79 Å². The summed E-state index contributed by atoms with van der Waals surface area (Å²) in [5.74, 6) is 2.01. The number of fused-ring (bicyclic) bond motifs is 2. The van der Waals surface area contributed by atoms with Crippen LogP contribution >= 0.6 is 0 Å². The van der Waals surface area contributed by atoms with Crippen LogP contribution in [0.4, 0.5) is 0 Å². The van der Waals surface area contributed by atoms with E-state index >= 15 is 0 Å². The molecule has 1 aromatic carbocycles. The summed E-state index contributed by atoms with van der Waals surface area (Å²) in [6, 6.07) is 5.71. The molecule has 1 aromatic heterocycles. The van der Waals surface area contributed by atoms with Crippen LogP contribution in [0.5, 0.6) is 11.5 Å². The Balaban J connectivity index is 1.37. The fourth-order valence-electron chi connectivity index (χ4n) is 3.40. The first-order valence-electron chi connectivity index (χ1n) is 8.64. The first-order valence-corrected chi connectivity index (χ1v) is 8.64. The number of ether oxygens (including phenoxy) is 2. The van der Waals surface area contributed by atoms with Gasteiger partial charge in [0, 0.05) is 18.0 Å². The van der Waals surface area contributed by atoms with Crippen molar-refractivity contribution in [2.24, 2.45) is 5.92 Å². The molecule has 2 aliphatic rings. The number of aryl methyl sites for hydroxylation is 2. The van der Waals surface area contributed by atoms with E-state index in [1.165, 1.54) is 5.56 Å². The van der Waals surface area contributed by atoms with Crippen LogP contribution in [0.15, 0.2) is 24.4 Å². The van der Waals surface area contributed by atoms with Crippen molar-refractivity contribution in [1.82, 2.24) is 15.3 Å². The second-order valence-electron chi connectivity index (χ2n) is 6.52. The van der Waals surface area contributed by atoms with Crippen molar-refractivity contribution in [1.29, 1.82) is 0 Å². The van der Waals surface area contributed by atoms with Gasteiger partial charge in [-0.05, 0) is 42.9 Å². The Kier molecular flexibility index (Phi) is 4.26. The van der Waals surface area contributed by atoms with E-state index in [1.807, 2.05) is 24.4 Å². The third-order valence-electron chi connectivity index (χ3n) is 4.84. The number of rotatable bonds is 4. The third-order valence-corrected chi connectivity index (χ3v) is 4.84. The van der Waals surface area contributed by atoms with Gasteiger partial charge in [-0.15, -0.1) is 0 Å². The Morgan fingerprint density at radius 2 is 2.28 bits per heavy atom. The number of benzene rings is 1. The zero-order chi connectivity index (χ0) is 17.2. The summed E-state index contributed by atoms with van der Waals surface area (Å²) in [6.45, 7) is 0.731. The van der Waals surface area contributed by atoms with E-state index in [4.69, 9.17) is 9.47 Å². The Hall–Kier alpha value is -2.63. The lowest BCUT2D eigenvalue weighted by molar-refractivity contribution is -0.126. The lowest BCUT2D eigenvalue weighted by atomic mass is 9.96. The summed E-state index contributed by atoms with van der Waals surface area (Å²) in [5, 5.41) is 2.94. The SMILES string of the molecule is COc1ccc2c(c1)OCC(C(=O)NCc1ncc3c(n1)CCC3)C2. The topological polar surface area (TPSA) is 73.3 Å². The van der Waals surface area contributed by atoms with E-state index in [9.17, 15) is 4.79 Å². The number of aromatic nitrogens is 2. The summed E-state index contributed by atoms with van der Waals surface area (Å²) < 4.78 is 10.9. The Morgan fingerprint density at radius 3 is 3.16 bits per heavy atom. The highest BCUT2D eigenvalue weighted by Gasteiger charge is 2.26. The first-order chi connectivity index (χ1) is 12.2. The molecule has 1 N–H and O–H groups in total. The molecule has 1 aliphatic heterocycles. The van der Waals surface area contributed by atoms with E-state index in [0.29, 0.717) is 25.4 Å². The summed E-state index contributed by atoms with van der Waals surface area (Å²) in [6.07, 6.45) is 5.77. The summed E-state index contributed by atoms with van der Waals surface area (Å²) in [7, 11) is 1.63. The molecule has 130 valence electrons. The van der Waals surface area contributed by atoms with Gasteiger partial charge >= 0.3 is 0 Å². The molecule has 25 heavy (non-hydrogen) atoms. The molecule has 2 aromatic rings. The van der Waals surface area contributed by atoms with Gasteiger partial charge in [-0.1, -0.05) is 6.07 Å². The second kappa shape index (κ2) is 6.70. The number of carbonyl (C=O) groups is 1. The van der Waals surface area contributed by atoms with Gasteiger partial charge in [-0.25, -0.2) is 9.97 Å². The molecule has 1 amide bonds. The monoisotopic (exact) mass is 339 g/mol. The van der Waals surface area contributed by atoms with Gasteiger partial charge in [0.2, 0.25) is 5.91 Å². The maximum absolute atomic E-state index is 12.5. The highest BCUT2D eigenvalue weighted by molar-refractivity contribution is 5.79. The minimum Gasteiger partial charge on any atom is -0.497 e. The molecular formula is C19H21N3O3. The van der Waals surface area contributed by atoms with E-state index in [1.54, 1.807) is 7.11 Å². The van der Waals surface area contributed by atoms with E-state index in [-0.39, 0.29) is 11.8 Å². The van der Waals surface area contributed by atoms with Crippen LogP contribution < -0.4 is 14.8 Å². The third kappa shape index (κ3) is 3.29. The van der Waals surface area contributed by atoms with E-state index in [2.05, 4.69) is 15.3 Å². The van der Waals surface area contributed by atoms with Crippen LogP contribution in [-0.2, 0) is 30.6 Å². The van der Waals surface area contributed by atoms with Gasteiger partial charge in [0.05, 0.1) is 19.6 Å². The van der Waals surface area contributed by atoms with Crippen LogP contribution in [-0.4, -0.2) is 29.6 Å². The summed E-state index contributed by atoms with van der Waals surface area (Å²) >= 11 is 0. The smallest absolute Gasteiger partial charge is 0.227 e. The van der Waals surface area contributed by atoms with Crippen LogP contribution in [0, 0.1) is 5.92 Å². The van der Waals surface area contributed by atoms with Gasteiger partial charge in [-0.2, -0.15) is 0 Å². The van der Waals surface area contributed by atoms with E-state index < -0.39 is 0 Å². The maximum Gasteiger partial charge on any atom is 0.227 e. The zero-order valence-electron chi connectivity index (χ0n) is 14.2. The van der Waals surface area contributed by atoms with Crippen molar-refractivity contribution in [3.05, 3.63) is 47.0 Å². The highest BCUT2D eigenvalue weighted by Crippen LogP contribution is 2.31. The van der Waals surface area contributed by atoms with Crippen molar-refractivity contribution in [2.45, 2.75) is 32.2 Å². The van der Waals surface area contributed by atoms with Crippen molar-refractivity contribution in [3.8, 4) is 11.5 Å². The predicted molar refractivity (Wildman–Crippen MR) is 91.6 cm³/mol. The van der Waals surface area contributed by atoms with Crippen molar-refractivity contribution in [3.63, 3.8) is 0 Å². The Morgan fingerprint density at radius 1 is 1.36 bits per heavy atom. The molecule has 0 saturated carbocycles. The first kappa shape index (κ1) is 15.9. The maximum atomic E-state index is 12.5. The Bertz CT molecular complexity index is 806. The van der Waals surface area contributed by atoms with Gasteiger partial charge < -0.3 is 14.8 Å². The van der Waals surface area contributed by atoms with Crippen LogP contribution in [0.1, 0.15) is 29.1 Å². The zero-order valence-corrected chi connectivity index (χ0v) is 14.2. The molecule has 0 saturated heterocycles. The standard InChI is InChI=1S/C19H21N3O3/c1-24-15-6-5-12-7-14(11-25-17(12)8-15)19(23)21-10-18-20-9-13-3-2-4-16(13)22-18/h5-6,8-9,14H,2-4,7,10-11H2,1H3,(H,21,23). The normalized spacial score (nSPS) is 18.0. The number of nitrogens with one attached hydrogen (secondary N) is 1. The van der Waals surface area contributed by atoms with Crippen molar-refractivity contribution in [2.75, 3.05) is 13.7 Å². The molecule has 4 rings (SSSR count).